The summed E-state index contributed by atoms with van der Waals surface area (Å²) in [4.78, 5) is 26.1. The van der Waals surface area contributed by atoms with Gasteiger partial charge in [0.15, 0.2) is 5.11 Å². The molecule has 1 aromatic heterocycles. The van der Waals surface area contributed by atoms with Crippen molar-refractivity contribution in [1.82, 2.24) is 0 Å². The van der Waals surface area contributed by atoms with Crippen molar-refractivity contribution in [3.63, 3.8) is 0 Å². The zero-order valence-corrected chi connectivity index (χ0v) is 21.0. The van der Waals surface area contributed by atoms with Crippen LogP contribution in [0.2, 0.25) is 0 Å². The molecule has 0 unspecified atom stereocenters. The highest BCUT2D eigenvalue weighted by Crippen LogP contribution is 2.37. The number of thiophene rings is 1. The van der Waals surface area contributed by atoms with E-state index in [0.717, 1.165) is 54.8 Å². The molecule has 178 valence electrons. The molecule has 0 aliphatic heterocycles. The second-order valence-corrected chi connectivity index (χ2v) is 9.50. The fourth-order valence-corrected chi connectivity index (χ4v) is 5.34. The van der Waals surface area contributed by atoms with Crippen molar-refractivity contribution in [2.24, 2.45) is 0 Å². The molecule has 1 aliphatic carbocycles. The van der Waals surface area contributed by atoms with Gasteiger partial charge in [0.05, 0.1) is 24.3 Å². The number of benzene rings is 1. The van der Waals surface area contributed by atoms with Gasteiger partial charge in [-0.2, -0.15) is 0 Å². The van der Waals surface area contributed by atoms with E-state index in [1.54, 1.807) is 35.6 Å². The lowest BCUT2D eigenvalue weighted by Crippen LogP contribution is -2.20. The number of ether oxygens (including phenoxy) is 2. The summed E-state index contributed by atoms with van der Waals surface area (Å²) in [6, 6.07) is 6.98. The van der Waals surface area contributed by atoms with Gasteiger partial charge in [-0.05, 0) is 81.1 Å². The van der Waals surface area contributed by atoms with Gasteiger partial charge in [-0.3, -0.25) is 0 Å². The molecule has 2 aromatic rings. The number of carbonyl (C=O) groups excluding carboxylic acids is 2. The zero-order chi connectivity index (χ0) is 23.6. The summed E-state index contributed by atoms with van der Waals surface area (Å²) in [6.45, 7) is 4.63. The van der Waals surface area contributed by atoms with Gasteiger partial charge < -0.3 is 20.1 Å². The first kappa shape index (κ1) is 25.2. The van der Waals surface area contributed by atoms with Crippen LogP contribution in [0.4, 0.5) is 10.7 Å². The van der Waals surface area contributed by atoms with E-state index in [0.29, 0.717) is 29.5 Å². The Kier molecular flexibility index (Phi) is 9.69. The Balaban J connectivity index is 1.70. The Morgan fingerprint density at radius 3 is 2.39 bits per heavy atom. The number of rotatable bonds is 8. The Hall–Kier alpha value is -2.45. The maximum Gasteiger partial charge on any atom is 0.341 e. The van der Waals surface area contributed by atoms with Crippen molar-refractivity contribution in [2.75, 3.05) is 23.8 Å². The molecule has 2 N–H and O–H groups in total. The summed E-state index contributed by atoms with van der Waals surface area (Å²) in [5.41, 5.74) is 2.96. The second kappa shape index (κ2) is 12.7. The largest absolute Gasteiger partial charge is 0.462 e. The van der Waals surface area contributed by atoms with Crippen LogP contribution < -0.4 is 10.6 Å². The molecule has 0 saturated heterocycles. The first-order valence-corrected chi connectivity index (χ1v) is 12.9. The van der Waals surface area contributed by atoms with Crippen molar-refractivity contribution in [1.29, 1.82) is 0 Å². The number of unbranched alkanes of at least 4 members (excludes halogenated alkanes) is 1. The fourth-order valence-electron chi connectivity index (χ4n) is 3.77. The fraction of sp³-hybridized carbons (Fsp3) is 0.480. The highest BCUT2D eigenvalue weighted by atomic mass is 32.1. The Morgan fingerprint density at radius 1 is 0.970 bits per heavy atom. The first-order valence-electron chi connectivity index (χ1n) is 11.7. The van der Waals surface area contributed by atoms with E-state index in [1.165, 1.54) is 17.7 Å². The number of fused-ring (bicyclic) bond motifs is 1. The quantitative estimate of drug-likeness (QED) is 0.255. The summed E-state index contributed by atoms with van der Waals surface area (Å²) in [6.07, 6.45) is 8.30. The van der Waals surface area contributed by atoms with Crippen molar-refractivity contribution >= 4 is 51.3 Å². The lowest BCUT2D eigenvalue weighted by molar-refractivity contribution is 0.0496. The molecular formula is C25H32N2O4S2. The minimum Gasteiger partial charge on any atom is -0.462 e. The number of nitrogens with one attached hydrogen (secondary N) is 2. The van der Waals surface area contributed by atoms with E-state index in [-0.39, 0.29) is 11.9 Å². The number of hydrogen-bond donors (Lipinski definition) is 2. The predicted molar refractivity (Wildman–Crippen MR) is 138 cm³/mol. The maximum atomic E-state index is 12.8. The monoisotopic (exact) mass is 488 g/mol. The van der Waals surface area contributed by atoms with Crippen LogP contribution in [0.15, 0.2) is 24.3 Å². The van der Waals surface area contributed by atoms with Gasteiger partial charge in [0.1, 0.15) is 5.00 Å². The number of carbonyl (C=O) groups is 2. The predicted octanol–water partition coefficient (Wildman–Crippen LogP) is 6.35. The molecule has 33 heavy (non-hydrogen) atoms. The van der Waals surface area contributed by atoms with Crippen LogP contribution >= 0.6 is 23.6 Å². The molecule has 0 saturated carbocycles. The molecular weight excluding hydrogens is 456 g/mol. The van der Waals surface area contributed by atoms with Gasteiger partial charge in [0.25, 0.3) is 0 Å². The van der Waals surface area contributed by atoms with Gasteiger partial charge in [-0.25, -0.2) is 9.59 Å². The van der Waals surface area contributed by atoms with E-state index in [1.807, 2.05) is 6.92 Å². The average Bonchev–Trinajstić information content (AvgIpc) is 3.10. The third-order valence-corrected chi connectivity index (χ3v) is 6.90. The van der Waals surface area contributed by atoms with Gasteiger partial charge >= 0.3 is 11.9 Å². The molecule has 0 atom stereocenters. The van der Waals surface area contributed by atoms with Gasteiger partial charge in [0.2, 0.25) is 0 Å². The smallest absolute Gasteiger partial charge is 0.341 e. The van der Waals surface area contributed by atoms with E-state index >= 15 is 0 Å². The minimum atomic E-state index is -0.328. The highest BCUT2D eigenvalue weighted by molar-refractivity contribution is 7.80. The maximum absolute atomic E-state index is 12.8. The topological polar surface area (TPSA) is 76.7 Å². The molecule has 3 rings (SSSR count). The molecule has 0 radical (unpaired) electrons. The molecule has 1 aliphatic rings. The van der Waals surface area contributed by atoms with Gasteiger partial charge in [0, 0.05) is 10.6 Å². The minimum absolute atomic E-state index is 0.299. The summed E-state index contributed by atoms with van der Waals surface area (Å²) >= 11 is 7.11. The van der Waals surface area contributed by atoms with Gasteiger partial charge in [-0.15, -0.1) is 11.3 Å². The highest BCUT2D eigenvalue weighted by Gasteiger charge is 2.25. The van der Waals surface area contributed by atoms with Gasteiger partial charge in [-0.1, -0.05) is 26.2 Å². The number of thiocarbonyl (C=S) groups is 1. The standard InChI is InChI=1S/C25H32N2O4S2/c1-3-5-16-31-23(28)17-12-14-18(15-13-17)26-25(32)27-22-21(24(29)30-4-2)19-10-8-6-7-9-11-20(19)33-22/h12-15H,3-11,16H2,1-2H3,(H2,26,27,32). The van der Waals surface area contributed by atoms with Crippen LogP contribution in [-0.4, -0.2) is 30.3 Å². The molecule has 0 amide bonds. The molecule has 1 aromatic carbocycles. The van der Waals surface area contributed by atoms with Crippen molar-refractivity contribution in [3.8, 4) is 0 Å². The first-order chi connectivity index (χ1) is 16.0. The normalized spacial score (nSPS) is 13.3. The summed E-state index contributed by atoms with van der Waals surface area (Å²) < 4.78 is 10.6. The number of hydrogen-bond acceptors (Lipinski definition) is 6. The molecule has 6 nitrogen and oxygen atoms in total. The number of anilines is 2. The van der Waals surface area contributed by atoms with Crippen LogP contribution in [0.5, 0.6) is 0 Å². The molecule has 0 bridgehead atoms. The molecule has 0 fully saturated rings. The SMILES string of the molecule is CCCCOC(=O)c1ccc(NC(=S)Nc2sc3c(c2C(=O)OCC)CCCCCC3)cc1. The van der Waals surface area contributed by atoms with E-state index < -0.39 is 0 Å². The molecule has 1 heterocycles. The van der Waals surface area contributed by atoms with Crippen molar-refractivity contribution < 1.29 is 19.1 Å². The van der Waals surface area contributed by atoms with Crippen LogP contribution in [0, 0.1) is 0 Å². The number of esters is 2. The summed E-state index contributed by atoms with van der Waals surface area (Å²) in [5, 5.41) is 7.46. The third-order valence-electron chi connectivity index (χ3n) is 5.49. The zero-order valence-electron chi connectivity index (χ0n) is 19.3. The van der Waals surface area contributed by atoms with Crippen LogP contribution in [-0.2, 0) is 22.3 Å². The van der Waals surface area contributed by atoms with E-state index in [4.69, 9.17) is 21.7 Å². The number of aryl methyl sites for hydroxylation is 1. The summed E-state index contributed by atoms with van der Waals surface area (Å²) in [7, 11) is 0. The lowest BCUT2D eigenvalue weighted by atomic mass is 9.96. The average molecular weight is 489 g/mol. The van der Waals surface area contributed by atoms with Crippen LogP contribution in [0.3, 0.4) is 0 Å². The Labute approximate surface area is 205 Å². The van der Waals surface area contributed by atoms with Crippen LogP contribution in [0.25, 0.3) is 0 Å². The van der Waals surface area contributed by atoms with E-state index in [9.17, 15) is 9.59 Å². The Bertz CT molecular complexity index is 970. The third kappa shape index (κ3) is 7.01. The lowest BCUT2D eigenvalue weighted by Gasteiger charge is -2.13. The van der Waals surface area contributed by atoms with Crippen molar-refractivity contribution in [3.05, 3.63) is 45.8 Å². The Morgan fingerprint density at radius 2 is 1.70 bits per heavy atom. The van der Waals surface area contributed by atoms with Crippen LogP contribution in [0.1, 0.15) is 83.5 Å². The van der Waals surface area contributed by atoms with Crippen molar-refractivity contribution in [2.45, 2.75) is 65.2 Å². The van der Waals surface area contributed by atoms with E-state index in [2.05, 4.69) is 17.6 Å². The molecule has 8 heteroatoms. The second-order valence-electron chi connectivity index (χ2n) is 7.99. The molecule has 0 spiro atoms. The summed E-state index contributed by atoms with van der Waals surface area (Å²) in [5.74, 6) is -0.627.